The first-order valence-corrected chi connectivity index (χ1v) is 16.3. The van der Waals surface area contributed by atoms with Gasteiger partial charge in [0.25, 0.3) is 5.91 Å². The predicted molar refractivity (Wildman–Crippen MR) is 158 cm³/mol. The van der Waals surface area contributed by atoms with E-state index in [9.17, 15) is 36.0 Å². The fourth-order valence-corrected chi connectivity index (χ4v) is 5.61. The number of benzene rings is 1. The number of ether oxygens (including phenoxy) is 1. The van der Waals surface area contributed by atoms with Gasteiger partial charge in [0, 0.05) is 57.5 Å². The second-order valence-electron chi connectivity index (χ2n) is 12.0. The molecule has 252 valence electrons. The van der Waals surface area contributed by atoms with Crippen LogP contribution < -0.4 is 5.32 Å². The van der Waals surface area contributed by atoms with Crippen molar-refractivity contribution in [2.24, 2.45) is 5.16 Å². The number of nitrogens with zero attached hydrogens (tertiary/aromatic N) is 5. The first-order chi connectivity index (χ1) is 20.9. The summed E-state index contributed by atoms with van der Waals surface area (Å²) in [6, 6.07) is -0.195. The third kappa shape index (κ3) is 11.1. The summed E-state index contributed by atoms with van der Waals surface area (Å²) in [5.74, 6) is -5.20. The highest BCUT2D eigenvalue weighted by atomic mass is 32.2. The molecule has 2 aliphatic heterocycles. The predicted octanol–water partition coefficient (Wildman–Crippen LogP) is 1.88. The Hall–Kier alpha value is -3.44. The van der Waals surface area contributed by atoms with Crippen LogP contribution >= 0.6 is 0 Å². The van der Waals surface area contributed by atoms with Crippen LogP contribution in [0.2, 0.25) is 0 Å². The fourth-order valence-electron chi connectivity index (χ4n) is 4.79. The van der Waals surface area contributed by atoms with Crippen molar-refractivity contribution in [3.05, 3.63) is 35.1 Å². The minimum atomic E-state index is -3.67. The van der Waals surface area contributed by atoms with Crippen LogP contribution in [0.3, 0.4) is 0 Å². The monoisotopic (exact) mass is 662 g/mol. The van der Waals surface area contributed by atoms with Gasteiger partial charge < -0.3 is 19.8 Å². The van der Waals surface area contributed by atoms with Gasteiger partial charge in [0.15, 0.2) is 18.2 Å². The number of likely N-dealkylation sites (tertiary alicyclic amines) is 1. The van der Waals surface area contributed by atoms with E-state index >= 15 is 0 Å². The van der Waals surface area contributed by atoms with Crippen LogP contribution in [-0.2, 0) is 35.6 Å². The Bertz CT molecular complexity index is 1380. The maximum Gasteiger partial charge on any atom is 0.407 e. The molecule has 3 amide bonds. The van der Waals surface area contributed by atoms with E-state index < -0.39 is 76.5 Å². The topological polar surface area (TPSA) is 141 Å². The minimum absolute atomic E-state index is 0.102. The van der Waals surface area contributed by atoms with E-state index in [0.717, 1.165) is 39.4 Å². The Kier molecular flexibility index (Phi) is 12.2. The Morgan fingerprint density at radius 2 is 1.51 bits per heavy atom. The van der Waals surface area contributed by atoms with Gasteiger partial charge in [0.1, 0.15) is 11.4 Å². The number of carbonyl (C=O) groups is 3. The van der Waals surface area contributed by atoms with Crippen LogP contribution in [-0.4, -0.2) is 122 Å². The van der Waals surface area contributed by atoms with Crippen molar-refractivity contribution in [2.45, 2.75) is 58.1 Å². The van der Waals surface area contributed by atoms with E-state index in [1.807, 2.05) is 7.05 Å². The third-order valence-corrected chi connectivity index (χ3v) is 8.41. The summed E-state index contributed by atoms with van der Waals surface area (Å²) in [5, 5.41) is 8.64. The van der Waals surface area contributed by atoms with Gasteiger partial charge in [0.2, 0.25) is 15.9 Å². The van der Waals surface area contributed by atoms with Crippen molar-refractivity contribution >= 4 is 33.6 Å². The zero-order valence-electron chi connectivity index (χ0n) is 26.1. The molecule has 0 aliphatic carbocycles. The maximum atomic E-state index is 14.6. The van der Waals surface area contributed by atoms with Crippen LogP contribution in [0.1, 0.15) is 45.6 Å². The van der Waals surface area contributed by atoms with Crippen LogP contribution in [0, 0.1) is 17.5 Å². The van der Waals surface area contributed by atoms with Gasteiger partial charge in [-0.3, -0.25) is 9.59 Å². The van der Waals surface area contributed by atoms with Gasteiger partial charge >= 0.3 is 6.09 Å². The third-order valence-electron chi connectivity index (χ3n) is 7.10. The molecular weight excluding hydrogens is 621 g/mol. The van der Waals surface area contributed by atoms with Crippen LogP contribution in [0.25, 0.3) is 0 Å². The van der Waals surface area contributed by atoms with Gasteiger partial charge in [-0.25, -0.2) is 36.4 Å². The molecule has 45 heavy (non-hydrogen) atoms. The number of oxime groups is 1. The smallest absolute Gasteiger partial charge is 0.407 e. The summed E-state index contributed by atoms with van der Waals surface area (Å²) in [7, 11) is -1.69. The molecule has 0 saturated carbocycles. The summed E-state index contributed by atoms with van der Waals surface area (Å²) in [6.45, 7) is 5.23. The lowest BCUT2D eigenvalue weighted by Crippen LogP contribution is -2.53. The number of rotatable bonds is 9. The number of carbonyl (C=O) groups excluding carboxylic acids is 3. The summed E-state index contributed by atoms with van der Waals surface area (Å²) in [4.78, 5) is 47.1. The van der Waals surface area contributed by atoms with Crippen LogP contribution in [0.4, 0.5) is 18.0 Å². The quantitative estimate of drug-likeness (QED) is 0.312. The zero-order chi connectivity index (χ0) is 33.5. The fraction of sp³-hybridized carbons (Fsp3) is 0.643. The van der Waals surface area contributed by atoms with Crippen molar-refractivity contribution in [1.82, 2.24) is 24.5 Å². The van der Waals surface area contributed by atoms with Crippen molar-refractivity contribution in [2.75, 3.05) is 59.2 Å². The second kappa shape index (κ2) is 15.2. The Morgan fingerprint density at radius 1 is 0.933 bits per heavy atom. The molecule has 2 saturated heterocycles. The normalized spacial score (nSPS) is 17.8. The number of amides is 3. The maximum absolute atomic E-state index is 14.6. The molecule has 17 heteroatoms. The first kappa shape index (κ1) is 36.0. The summed E-state index contributed by atoms with van der Waals surface area (Å²) in [5.41, 5.74) is -0.448. The highest BCUT2D eigenvalue weighted by Gasteiger charge is 2.34. The van der Waals surface area contributed by atoms with Crippen molar-refractivity contribution < 1.29 is 45.5 Å². The number of piperidine rings is 1. The molecular formula is C28H41F3N6O7S. The van der Waals surface area contributed by atoms with E-state index in [1.54, 1.807) is 20.8 Å². The SMILES string of the molecule is CN1CCC(=NOCC(=O)N2CCN(S(C)(=O)=O)CCN2C(=O)C[C@@H](Cc2cc(F)c(F)cc2F)NC(=O)OC(C)(C)C)CC1. The lowest BCUT2D eigenvalue weighted by atomic mass is 10.0. The Balaban J connectivity index is 1.83. The molecule has 0 bridgehead atoms. The zero-order valence-corrected chi connectivity index (χ0v) is 27.0. The average Bonchev–Trinajstić information content (AvgIpc) is 3.15. The van der Waals surface area contributed by atoms with Gasteiger partial charge in [-0.1, -0.05) is 5.16 Å². The van der Waals surface area contributed by atoms with Crippen LogP contribution in [0.15, 0.2) is 17.3 Å². The van der Waals surface area contributed by atoms with Gasteiger partial charge in [-0.2, -0.15) is 4.31 Å². The van der Waals surface area contributed by atoms with E-state index in [0.29, 0.717) is 25.0 Å². The number of hydrogen-bond acceptors (Lipinski definition) is 9. The van der Waals surface area contributed by atoms with E-state index in [4.69, 9.17) is 9.57 Å². The second-order valence-corrected chi connectivity index (χ2v) is 14.0. The Morgan fingerprint density at radius 3 is 2.09 bits per heavy atom. The number of hydrazine groups is 1. The number of sulfonamides is 1. The van der Waals surface area contributed by atoms with E-state index in [1.165, 1.54) is 0 Å². The highest BCUT2D eigenvalue weighted by molar-refractivity contribution is 7.88. The van der Waals surface area contributed by atoms with E-state index in [-0.39, 0.29) is 31.7 Å². The van der Waals surface area contributed by atoms with Gasteiger partial charge in [0.05, 0.1) is 25.1 Å². The largest absolute Gasteiger partial charge is 0.444 e. The first-order valence-electron chi connectivity index (χ1n) is 14.5. The summed E-state index contributed by atoms with van der Waals surface area (Å²) in [6.07, 6.45) is 0.448. The minimum Gasteiger partial charge on any atom is -0.444 e. The lowest BCUT2D eigenvalue weighted by Gasteiger charge is -2.33. The number of nitrogens with one attached hydrogen (secondary N) is 1. The average molecular weight is 663 g/mol. The molecule has 3 rings (SSSR count). The molecule has 13 nitrogen and oxygen atoms in total. The van der Waals surface area contributed by atoms with Crippen LogP contribution in [0.5, 0.6) is 0 Å². The summed E-state index contributed by atoms with van der Waals surface area (Å²) >= 11 is 0. The number of alkyl carbamates (subject to hydrolysis) is 1. The molecule has 1 aromatic rings. The van der Waals surface area contributed by atoms with Gasteiger partial charge in [-0.15, -0.1) is 0 Å². The standard InChI is InChI=1S/C28H41F3N6O7S/c1-28(2,3)44-27(40)32-21(14-19-15-23(30)24(31)17-22(19)29)16-25(38)36-12-10-35(45(5,41)42)11-13-37(36)26(39)18-43-33-20-6-8-34(4)9-7-20/h15,17,21H,6-14,16,18H2,1-5H3,(H,32,40)/t21-/m1/s1. The lowest BCUT2D eigenvalue weighted by molar-refractivity contribution is -0.165. The molecule has 2 fully saturated rings. The number of halogens is 3. The molecule has 0 unspecified atom stereocenters. The molecule has 2 heterocycles. The van der Waals surface area contributed by atoms with Crippen molar-refractivity contribution in [1.29, 1.82) is 0 Å². The van der Waals surface area contributed by atoms with E-state index in [2.05, 4.69) is 15.4 Å². The molecule has 1 atom stereocenters. The summed E-state index contributed by atoms with van der Waals surface area (Å²) < 4.78 is 73.0. The molecule has 0 aromatic heterocycles. The molecule has 0 radical (unpaired) electrons. The Labute approximate surface area is 261 Å². The molecule has 0 spiro atoms. The molecule has 1 aromatic carbocycles. The molecule has 2 aliphatic rings. The van der Waals surface area contributed by atoms with Gasteiger partial charge in [-0.05, 0) is 45.9 Å². The highest BCUT2D eigenvalue weighted by Crippen LogP contribution is 2.19. The number of hydrogen-bond donors (Lipinski definition) is 1. The van der Waals surface area contributed by atoms with Crippen molar-refractivity contribution in [3.63, 3.8) is 0 Å². The van der Waals surface area contributed by atoms with Crippen molar-refractivity contribution in [3.8, 4) is 0 Å². The molecule has 1 N–H and O–H groups in total.